The maximum Gasteiger partial charge on any atom is 0.221 e. The van der Waals surface area contributed by atoms with E-state index in [1.807, 2.05) is 0 Å². The van der Waals surface area contributed by atoms with Crippen molar-refractivity contribution in [2.75, 3.05) is 25.0 Å². The molecule has 0 saturated carbocycles. The van der Waals surface area contributed by atoms with Crippen molar-refractivity contribution in [3.63, 3.8) is 0 Å². The van der Waals surface area contributed by atoms with Gasteiger partial charge in [0.15, 0.2) is 0 Å². The second-order valence-electron chi connectivity index (χ2n) is 4.10. The van der Waals surface area contributed by atoms with Crippen LogP contribution in [0.25, 0.3) is 0 Å². The maximum absolute atomic E-state index is 10.8. The molecular weight excluding hydrogens is 232 g/mol. The number of amides is 1. The van der Waals surface area contributed by atoms with E-state index in [2.05, 4.69) is 10.6 Å². The number of aliphatic hydroxyl groups is 2. The van der Waals surface area contributed by atoms with E-state index in [1.165, 1.54) is 6.92 Å². The number of benzene rings is 1. The summed E-state index contributed by atoms with van der Waals surface area (Å²) in [6.07, 6.45) is 0.0869. The van der Waals surface area contributed by atoms with E-state index >= 15 is 0 Å². The van der Waals surface area contributed by atoms with Crippen molar-refractivity contribution in [2.45, 2.75) is 19.4 Å². The lowest BCUT2D eigenvalue weighted by molar-refractivity contribution is -0.114. The lowest BCUT2D eigenvalue weighted by Gasteiger charge is -2.12. The van der Waals surface area contributed by atoms with Gasteiger partial charge in [-0.05, 0) is 30.7 Å². The molecule has 18 heavy (non-hydrogen) atoms. The average Bonchev–Trinajstić information content (AvgIpc) is 2.34. The summed E-state index contributed by atoms with van der Waals surface area (Å²) in [5.74, 6) is -0.117. The van der Waals surface area contributed by atoms with Crippen LogP contribution in [0.5, 0.6) is 0 Å². The van der Waals surface area contributed by atoms with Gasteiger partial charge in [0.2, 0.25) is 5.91 Å². The minimum absolute atomic E-state index is 0.117. The molecule has 0 saturated heterocycles. The highest BCUT2D eigenvalue weighted by Gasteiger charge is 2.06. The molecular formula is C13H20N2O3. The summed E-state index contributed by atoms with van der Waals surface area (Å²) in [6, 6.07) is 7.08. The van der Waals surface area contributed by atoms with Gasteiger partial charge in [0, 0.05) is 25.8 Å². The molecule has 0 aliphatic carbocycles. The highest BCUT2D eigenvalue weighted by Crippen LogP contribution is 2.15. The molecule has 5 heteroatoms. The van der Waals surface area contributed by atoms with E-state index in [4.69, 9.17) is 5.11 Å². The Morgan fingerprint density at radius 3 is 2.56 bits per heavy atom. The fraction of sp³-hybridized carbons (Fsp3) is 0.462. The molecule has 0 radical (unpaired) electrons. The molecule has 0 bridgehead atoms. The largest absolute Gasteiger partial charge is 0.396 e. The Morgan fingerprint density at radius 2 is 2.00 bits per heavy atom. The number of hydrogen-bond acceptors (Lipinski definition) is 4. The second-order valence-corrected chi connectivity index (χ2v) is 4.10. The molecule has 5 nitrogen and oxygen atoms in total. The summed E-state index contributed by atoms with van der Waals surface area (Å²) in [4.78, 5) is 10.8. The van der Waals surface area contributed by atoms with E-state index < -0.39 is 6.10 Å². The number of carbonyl (C=O) groups is 1. The van der Waals surface area contributed by atoms with Gasteiger partial charge in [0.1, 0.15) is 0 Å². The van der Waals surface area contributed by atoms with Crippen LogP contribution in [0.2, 0.25) is 0 Å². The summed E-state index contributed by atoms with van der Waals surface area (Å²) in [5.41, 5.74) is 1.51. The summed E-state index contributed by atoms with van der Waals surface area (Å²) in [6.45, 7) is 2.72. The zero-order valence-corrected chi connectivity index (χ0v) is 10.5. The monoisotopic (exact) mass is 252 g/mol. The van der Waals surface area contributed by atoms with Gasteiger partial charge in [-0.2, -0.15) is 0 Å². The Hall–Kier alpha value is -1.43. The molecule has 0 fully saturated rings. The molecule has 0 heterocycles. The average molecular weight is 252 g/mol. The normalized spacial score (nSPS) is 12.2. The number of rotatable bonds is 7. The predicted octanol–water partition coefficient (Wildman–Crippen LogP) is 0.650. The molecule has 1 unspecified atom stereocenters. The van der Waals surface area contributed by atoms with Crippen molar-refractivity contribution in [1.82, 2.24) is 5.32 Å². The van der Waals surface area contributed by atoms with Crippen LogP contribution in [0.4, 0.5) is 5.69 Å². The SMILES string of the molecule is CC(=O)Nc1ccc(C(O)CNCCCO)cc1. The van der Waals surface area contributed by atoms with Gasteiger partial charge in [0.25, 0.3) is 0 Å². The van der Waals surface area contributed by atoms with Crippen molar-refractivity contribution in [3.05, 3.63) is 29.8 Å². The van der Waals surface area contributed by atoms with Crippen LogP contribution in [-0.4, -0.2) is 35.8 Å². The molecule has 1 aromatic carbocycles. The third-order valence-corrected chi connectivity index (χ3v) is 2.47. The molecule has 1 rings (SSSR count). The van der Waals surface area contributed by atoms with Crippen LogP contribution in [-0.2, 0) is 4.79 Å². The van der Waals surface area contributed by atoms with Crippen molar-refractivity contribution in [1.29, 1.82) is 0 Å². The topological polar surface area (TPSA) is 81.6 Å². The number of anilines is 1. The van der Waals surface area contributed by atoms with Crippen LogP contribution >= 0.6 is 0 Å². The Bertz CT molecular complexity index is 365. The Kier molecular flexibility index (Phi) is 6.35. The summed E-state index contributed by atoms with van der Waals surface area (Å²) < 4.78 is 0. The predicted molar refractivity (Wildman–Crippen MR) is 70.3 cm³/mol. The van der Waals surface area contributed by atoms with Gasteiger partial charge in [0.05, 0.1) is 6.10 Å². The Morgan fingerprint density at radius 1 is 1.33 bits per heavy atom. The van der Waals surface area contributed by atoms with Crippen molar-refractivity contribution in [2.24, 2.45) is 0 Å². The fourth-order valence-corrected chi connectivity index (χ4v) is 1.55. The number of nitrogens with one attached hydrogen (secondary N) is 2. The van der Waals surface area contributed by atoms with Crippen LogP contribution in [0.15, 0.2) is 24.3 Å². The second kappa shape index (κ2) is 7.81. The minimum atomic E-state index is -0.588. The third kappa shape index (κ3) is 5.27. The van der Waals surface area contributed by atoms with Gasteiger partial charge in [-0.15, -0.1) is 0 Å². The standard InChI is InChI=1S/C13H20N2O3/c1-10(17)15-12-5-3-11(4-6-12)13(18)9-14-7-2-8-16/h3-6,13-14,16,18H,2,7-9H2,1H3,(H,15,17). The number of aliphatic hydroxyl groups excluding tert-OH is 2. The van der Waals surface area contributed by atoms with E-state index in [1.54, 1.807) is 24.3 Å². The summed E-state index contributed by atoms with van der Waals surface area (Å²) >= 11 is 0. The quantitative estimate of drug-likeness (QED) is 0.537. The lowest BCUT2D eigenvalue weighted by Crippen LogP contribution is -2.23. The molecule has 1 atom stereocenters. The maximum atomic E-state index is 10.8. The molecule has 4 N–H and O–H groups in total. The Labute approximate surface area is 107 Å². The molecule has 100 valence electrons. The third-order valence-electron chi connectivity index (χ3n) is 2.47. The van der Waals surface area contributed by atoms with E-state index in [0.717, 1.165) is 5.56 Å². The van der Waals surface area contributed by atoms with Crippen molar-refractivity contribution >= 4 is 11.6 Å². The van der Waals surface area contributed by atoms with Crippen molar-refractivity contribution < 1.29 is 15.0 Å². The Balaban J connectivity index is 2.43. The van der Waals surface area contributed by atoms with Crippen LogP contribution in [0.1, 0.15) is 25.0 Å². The van der Waals surface area contributed by atoms with Gasteiger partial charge in [-0.3, -0.25) is 4.79 Å². The highest BCUT2D eigenvalue weighted by molar-refractivity contribution is 5.88. The van der Waals surface area contributed by atoms with E-state index in [0.29, 0.717) is 25.2 Å². The van der Waals surface area contributed by atoms with Crippen molar-refractivity contribution in [3.8, 4) is 0 Å². The first kappa shape index (κ1) is 14.6. The van der Waals surface area contributed by atoms with Crippen LogP contribution in [0.3, 0.4) is 0 Å². The molecule has 1 amide bonds. The smallest absolute Gasteiger partial charge is 0.221 e. The molecule has 0 aliphatic rings. The number of carbonyl (C=O) groups excluding carboxylic acids is 1. The molecule has 1 aromatic rings. The fourth-order valence-electron chi connectivity index (χ4n) is 1.55. The number of hydrogen-bond donors (Lipinski definition) is 4. The minimum Gasteiger partial charge on any atom is -0.396 e. The first-order chi connectivity index (χ1) is 8.63. The van der Waals surface area contributed by atoms with E-state index in [9.17, 15) is 9.90 Å². The first-order valence-corrected chi connectivity index (χ1v) is 6.00. The molecule has 0 aromatic heterocycles. The molecule has 0 aliphatic heterocycles. The van der Waals surface area contributed by atoms with Crippen LogP contribution in [0, 0.1) is 0 Å². The first-order valence-electron chi connectivity index (χ1n) is 6.00. The summed E-state index contributed by atoms with van der Waals surface area (Å²) in [7, 11) is 0. The van der Waals surface area contributed by atoms with Crippen LogP contribution < -0.4 is 10.6 Å². The van der Waals surface area contributed by atoms with Gasteiger partial charge < -0.3 is 20.8 Å². The van der Waals surface area contributed by atoms with Gasteiger partial charge in [-0.25, -0.2) is 0 Å². The van der Waals surface area contributed by atoms with Gasteiger partial charge in [-0.1, -0.05) is 12.1 Å². The highest BCUT2D eigenvalue weighted by atomic mass is 16.3. The zero-order valence-electron chi connectivity index (χ0n) is 10.5. The van der Waals surface area contributed by atoms with E-state index in [-0.39, 0.29) is 12.5 Å². The van der Waals surface area contributed by atoms with Gasteiger partial charge >= 0.3 is 0 Å². The lowest BCUT2D eigenvalue weighted by atomic mass is 10.1. The molecule has 0 spiro atoms. The summed E-state index contributed by atoms with van der Waals surface area (Å²) in [5, 5.41) is 24.2. The zero-order chi connectivity index (χ0) is 13.4.